The second-order valence-electron chi connectivity index (χ2n) is 8.46. The van der Waals surface area contributed by atoms with Gasteiger partial charge in [-0.3, -0.25) is 4.79 Å². The molecule has 1 aromatic rings. The summed E-state index contributed by atoms with van der Waals surface area (Å²) in [4.78, 5) is 26.4. The van der Waals surface area contributed by atoms with Crippen LogP contribution < -0.4 is 10.1 Å². The maximum atomic E-state index is 13.4. The van der Waals surface area contributed by atoms with Crippen molar-refractivity contribution in [2.45, 2.75) is 77.2 Å². The molecule has 5 heteroatoms. The quantitative estimate of drug-likeness (QED) is 0.675. The van der Waals surface area contributed by atoms with E-state index < -0.39 is 5.92 Å². The van der Waals surface area contributed by atoms with Gasteiger partial charge in [-0.15, -0.1) is 0 Å². The topological polar surface area (TPSA) is 64.6 Å². The van der Waals surface area contributed by atoms with Crippen LogP contribution in [0.1, 0.15) is 76.7 Å². The van der Waals surface area contributed by atoms with Crippen LogP contribution >= 0.6 is 0 Å². The first kappa shape index (κ1) is 20.7. The van der Waals surface area contributed by atoms with Crippen molar-refractivity contribution < 1.29 is 19.1 Å². The van der Waals surface area contributed by atoms with Crippen molar-refractivity contribution >= 4 is 11.8 Å². The second kappa shape index (κ2) is 9.07. The molecule has 2 aliphatic carbocycles. The lowest BCUT2D eigenvalue weighted by Crippen LogP contribution is -2.35. The molecule has 0 saturated heterocycles. The summed E-state index contributed by atoms with van der Waals surface area (Å²) in [7, 11) is 0. The van der Waals surface area contributed by atoms with E-state index in [2.05, 4.69) is 12.2 Å². The van der Waals surface area contributed by atoms with Crippen LogP contribution in [0.3, 0.4) is 0 Å². The molecule has 0 aromatic heterocycles. The first-order valence-corrected chi connectivity index (χ1v) is 11.3. The molecule has 5 nitrogen and oxygen atoms in total. The third-order valence-corrected chi connectivity index (χ3v) is 6.26. The van der Waals surface area contributed by atoms with Gasteiger partial charge in [-0.1, -0.05) is 25.1 Å². The largest absolute Gasteiger partial charge is 0.493 e. The number of hydrogen-bond acceptors (Lipinski definition) is 5. The molecule has 30 heavy (non-hydrogen) atoms. The number of ether oxygens (including phenoxy) is 2. The Labute approximate surface area is 178 Å². The lowest BCUT2D eigenvalue weighted by Gasteiger charge is -2.35. The number of dihydropyridines is 1. The maximum Gasteiger partial charge on any atom is 0.337 e. The van der Waals surface area contributed by atoms with Gasteiger partial charge in [0.15, 0.2) is 5.78 Å². The van der Waals surface area contributed by atoms with Crippen LogP contribution in [0.15, 0.2) is 46.8 Å². The number of carbonyl (C=O) groups is 2. The molecule has 1 atom stereocenters. The lowest BCUT2D eigenvalue weighted by molar-refractivity contribution is -0.144. The van der Waals surface area contributed by atoms with Gasteiger partial charge in [-0.2, -0.15) is 0 Å². The number of para-hydroxylation sites is 1. The smallest absolute Gasteiger partial charge is 0.337 e. The summed E-state index contributed by atoms with van der Waals surface area (Å²) in [5, 5.41) is 3.36. The molecule has 0 radical (unpaired) electrons. The zero-order chi connectivity index (χ0) is 21.1. The van der Waals surface area contributed by atoms with Gasteiger partial charge in [0.05, 0.1) is 18.1 Å². The highest BCUT2D eigenvalue weighted by Gasteiger charge is 2.41. The number of carbonyl (C=O) groups excluding carboxylic acids is 2. The Balaban J connectivity index is 1.78. The third-order valence-electron chi connectivity index (χ3n) is 6.26. The fourth-order valence-electron chi connectivity index (χ4n) is 4.85. The van der Waals surface area contributed by atoms with E-state index in [1.807, 2.05) is 31.2 Å². The lowest BCUT2D eigenvalue weighted by atomic mass is 9.75. The molecule has 1 aromatic carbocycles. The molecule has 4 rings (SSSR count). The van der Waals surface area contributed by atoms with Gasteiger partial charge in [-0.25, -0.2) is 4.79 Å². The van der Waals surface area contributed by atoms with Crippen molar-refractivity contribution in [2.75, 3.05) is 6.61 Å². The highest BCUT2D eigenvalue weighted by atomic mass is 16.5. The van der Waals surface area contributed by atoms with Gasteiger partial charge in [0, 0.05) is 29.0 Å². The molecular weight excluding hydrogens is 378 g/mol. The summed E-state index contributed by atoms with van der Waals surface area (Å²) in [5.41, 5.74) is 3.84. The van der Waals surface area contributed by atoms with E-state index >= 15 is 0 Å². The Morgan fingerprint density at radius 1 is 1.13 bits per heavy atom. The molecular formula is C25H31NO4. The average Bonchev–Trinajstić information content (AvgIpc) is 3.24. The average molecular weight is 410 g/mol. The fourth-order valence-corrected chi connectivity index (χ4v) is 4.85. The standard InChI is InChI=1S/C25H31NO4/c1-3-15-29-21-14-7-6-11-18(21)23-22(25(28)30-17-9-4-5-10-17)16(2)26-19-12-8-13-20(27)24(19)23/h6-7,11,14,17,23,26H,3-5,8-10,12-13,15H2,1-2H3. The van der Waals surface area contributed by atoms with Crippen LogP contribution in [-0.2, 0) is 14.3 Å². The van der Waals surface area contributed by atoms with Gasteiger partial charge in [0.1, 0.15) is 11.9 Å². The first-order valence-electron chi connectivity index (χ1n) is 11.3. The number of rotatable bonds is 6. The molecule has 0 amide bonds. The molecule has 1 N–H and O–H groups in total. The van der Waals surface area contributed by atoms with Gasteiger partial charge < -0.3 is 14.8 Å². The number of Topliss-reactive ketones (excluding diaryl/α,β-unsaturated/α-hetero) is 1. The molecule has 1 fully saturated rings. The van der Waals surface area contributed by atoms with E-state index in [1.54, 1.807) is 0 Å². The Kier molecular flexibility index (Phi) is 6.26. The monoisotopic (exact) mass is 409 g/mol. The van der Waals surface area contributed by atoms with Crippen molar-refractivity contribution in [1.29, 1.82) is 0 Å². The minimum atomic E-state index is -0.448. The number of hydrogen-bond donors (Lipinski definition) is 1. The van der Waals surface area contributed by atoms with Crippen LogP contribution in [0.5, 0.6) is 5.75 Å². The maximum absolute atomic E-state index is 13.4. The summed E-state index contributed by atoms with van der Waals surface area (Å²) in [6, 6.07) is 7.78. The molecule has 1 saturated carbocycles. The van der Waals surface area contributed by atoms with Crippen molar-refractivity contribution in [3.8, 4) is 5.75 Å². The van der Waals surface area contributed by atoms with Crippen LogP contribution in [0, 0.1) is 0 Å². The zero-order valence-corrected chi connectivity index (χ0v) is 18.0. The van der Waals surface area contributed by atoms with E-state index in [9.17, 15) is 9.59 Å². The van der Waals surface area contributed by atoms with Gasteiger partial charge >= 0.3 is 5.97 Å². The van der Waals surface area contributed by atoms with E-state index in [0.717, 1.165) is 67.7 Å². The minimum absolute atomic E-state index is 0.0255. The van der Waals surface area contributed by atoms with E-state index in [-0.39, 0.29) is 17.9 Å². The Hall–Kier alpha value is -2.56. The molecule has 0 bridgehead atoms. The van der Waals surface area contributed by atoms with Crippen LogP contribution in [0.2, 0.25) is 0 Å². The normalized spacial score (nSPS) is 22.1. The predicted octanol–water partition coefficient (Wildman–Crippen LogP) is 4.93. The molecule has 3 aliphatic rings. The highest BCUT2D eigenvalue weighted by Crippen LogP contribution is 2.45. The summed E-state index contributed by atoms with van der Waals surface area (Å²) in [6.07, 6.45) is 7.05. The van der Waals surface area contributed by atoms with Gasteiger partial charge in [0.2, 0.25) is 0 Å². The Morgan fingerprint density at radius 3 is 2.67 bits per heavy atom. The zero-order valence-electron chi connectivity index (χ0n) is 18.0. The molecule has 1 heterocycles. The van der Waals surface area contributed by atoms with Crippen LogP contribution in [0.4, 0.5) is 0 Å². The van der Waals surface area contributed by atoms with E-state index in [1.165, 1.54) is 0 Å². The van der Waals surface area contributed by atoms with E-state index in [4.69, 9.17) is 9.47 Å². The van der Waals surface area contributed by atoms with Gasteiger partial charge in [-0.05, 0) is 57.9 Å². The van der Waals surface area contributed by atoms with E-state index in [0.29, 0.717) is 24.2 Å². The molecule has 1 unspecified atom stereocenters. The Morgan fingerprint density at radius 2 is 1.90 bits per heavy atom. The van der Waals surface area contributed by atoms with Crippen molar-refractivity contribution in [3.63, 3.8) is 0 Å². The number of nitrogens with one attached hydrogen (secondary N) is 1. The SMILES string of the molecule is CCCOc1ccccc1C1C(C(=O)OC2CCCC2)=C(C)NC2=C1C(=O)CCC2. The number of benzene rings is 1. The molecule has 0 spiro atoms. The number of esters is 1. The summed E-state index contributed by atoms with van der Waals surface area (Å²) in [6.45, 7) is 4.57. The van der Waals surface area contributed by atoms with Crippen LogP contribution in [0.25, 0.3) is 0 Å². The van der Waals surface area contributed by atoms with Crippen molar-refractivity contribution in [3.05, 3.63) is 52.4 Å². The minimum Gasteiger partial charge on any atom is -0.493 e. The fraction of sp³-hybridized carbons (Fsp3) is 0.520. The third kappa shape index (κ3) is 4.03. The van der Waals surface area contributed by atoms with Gasteiger partial charge in [0.25, 0.3) is 0 Å². The number of ketones is 1. The summed E-state index contributed by atoms with van der Waals surface area (Å²) >= 11 is 0. The van der Waals surface area contributed by atoms with Crippen molar-refractivity contribution in [2.24, 2.45) is 0 Å². The molecule has 1 aliphatic heterocycles. The summed E-state index contributed by atoms with van der Waals surface area (Å²) in [5.74, 6) is 0.0799. The van der Waals surface area contributed by atoms with Crippen molar-refractivity contribution in [1.82, 2.24) is 5.32 Å². The molecule has 160 valence electrons. The predicted molar refractivity (Wildman–Crippen MR) is 115 cm³/mol. The Bertz CT molecular complexity index is 892. The second-order valence-corrected chi connectivity index (χ2v) is 8.46. The number of allylic oxidation sites excluding steroid dienone is 3. The highest BCUT2D eigenvalue weighted by molar-refractivity contribution is 6.04. The van der Waals surface area contributed by atoms with Crippen LogP contribution in [-0.4, -0.2) is 24.5 Å². The first-order chi connectivity index (χ1) is 14.6. The summed E-state index contributed by atoms with van der Waals surface area (Å²) < 4.78 is 11.9.